The zero-order chi connectivity index (χ0) is 15.1. The summed E-state index contributed by atoms with van der Waals surface area (Å²) >= 11 is 0. The van der Waals surface area contributed by atoms with Crippen LogP contribution < -0.4 is 11.1 Å². The quantitative estimate of drug-likeness (QED) is 0.802. The minimum atomic E-state index is -0.192. The molecule has 0 saturated carbocycles. The highest BCUT2D eigenvalue weighted by Gasteiger charge is 2.11. The van der Waals surface area contributed by atoms with Gasteiger partial charge in [-0.25, -0.2) is 0 Å². The van der Waals surface area contributed by atoms with Gasteiger partial charge in [0.25, 0.3) is 5.91 Å². The molecule has 108 valence electrons. The number of hydrogen-bond acceptors (Lipinski definition) is 4. The van der Waals surface area contributed by atoms with Gasteiger partial charge in [0.05, 0.1) is 18.7 Å². The monoisotopic (exact) mass is 283 g/mol. The van der Waals surface area contributed by atoms with E-state index in [1.807, 2.05) is 17.6 Å². The number of amides is 1. The Morgan fingerprint density at radius 2 is 2.24 bits per heavy atom. The Kier molecular flexibility index (Phi) is 5.07. The van der Waals surface area contributed by atoms with E-state index in [-0.39, 0.29) is 12.5 Å². The van der Waals surface area contributed by atoms with E-state index in [9.17, 15) is 4.79 Å². The molecule has 1 heterocycles. The smallest absolute Gasteiger partial charge is 0.252 e. The summed E-state index contributed by atoms with van der Waals surface area (Å²) < 4.78 is 1.88. The number of aromatic nitrogens is 3. The van der Waals surface area contributed by atoms with Crippen molar-refractivity contribution in [2.45, 2.75) is 20.0 Å². The molecule has 0 spiro atoms. The third-order valence-electron chi connectivity index (χ3n) is 2.94. The van der Waals surface area contributed by atoms with E-state index < -0.39 is 0 Å². The van der Waals surface area contributed by atoms with Crippen LogP contribution >= 0.6 is 0 Å². The molecule has 2 rings (SSSR count). The molecule has 1 aromatic carbocycles. The highest BCUT2D eigenvalue weighted by atomic mass is 16.1. The Morgan fingerprint density at radius 1 is 1.43 bits per heavy atom. The number of aryl methyl sites for hydroxylation is 1. The molecule has 0 atom stereocenters. The van der Waals surface area contributed by atoms with Gasteiger partial charge in [-0.2, -0.15) is 0 Å². The van der Waals surface area contributed by atoms with E-state index in [0.29, 0.717) is 17.7 Å². The molecular formula is C15H17N5O. The lowest BCUT2D eigenvalue weighted by Gasteiger charge is -2.07. The lowest BCUT2D eigenvalue weighted by atomic mass is 10.1. The summed E-state index contributed by atoms with van der Waals surface area (Å²) in [6.45, 7) is 3.34. The molecule has 0 aliphatic heterocycles. The standard InChI is InChI=1S/C15H17N5O/c1-2-20-11-18-19-14(20)10-17-15(21)13-8-4-3-6-12(13)7-5-9-16/h3-4,6,8,11H,2,9-10,16H2,1H3,(H,17,21). The van der Waals surface area contributed by atoms with Crippen molar-refractivity contribution in [3.05, 3.63) is 47.5 Å². The SMILES string of the molecule is CCn1cnnc1CNC(=O)c1ccccc1C#CCN. The lowest BCUT2D eigenvalue weighted by molar-refractivity contribution is 0.0949. The van der Waals surface area contributed by atoms with Gasteiger partial charge in [0.2, 0.25) is 0 Å². The molecule has 6 nitrogen and oxygen atoms in total. The summed E-state index contributed by atoms with van der Waals surface area (Å²) in [6.07, 6.45) is 1.64. The van der Waals surface area contributed by atoms with Crippen molar-refractivity contribution in [1.29, 1.82) is 0 Å². The second-order valence-electron chi connectivity index (χ2n) is 4.27. The number of rotatable bonds is 4. The van der Waals surface area contributed by atoms with Crippen LogP contribution in [0.4, 0.5) is 0 Å². The number of carbonyl (C=O) groups excluding carboxylic acids is 1. The number of nitrogens with two attached hydrogens (primary N) is 1. The van der Waals surface area contributed by atoms with Gasteiger partial charge in [0.1, 0.15) is 6.33 Å². The van der Waals surface area contributed by atoms with Gasteiger partial charge >= 0.3 is 0 Å². The van der Waals surface area contributed by atoms with Gasteiger partial charge in [-0.1, -0.05) is 24.0 Å². The second kappa shape index (κ2) is 7.22. The van der Waals surface area contributed by atoms with Crippen molar-refractivity contribution in [2.24, 2.45) is 5.73 Å². The van der Waals surface area contributed by atoms with Crippen molar-refractivity contribution < 1.29 is 4.79 Å². The first-order valence-corrected chi connectivity index (χ1v) is 6.69. The summed E-state index contributed by atoms with van der Waals surface area (Å²) in [6, 6.07) is 7.18. The van der Waals surface area contributed by atoms with Crippen LogP contribution in [0.1, 0.15) is 28.7 Å². The Balaban J connectivity index is 2.10. The molecule has 1 amide bonds. The van der Waals surface area contributed by atoms with Crippen molar-refractivity contribution in [3.63, 3.8) is 0 Å². The molecule has 0 unspecified atom stereocenters. The Labute approximate surface area is 123 Å². The van der Waals surface area contributed by atoms with Crippen molar-refractivity contribution in [3.8, 4) is 11.8 Å². The summed E-state index contributed by atoms with van der Waals surface area (Å²) in [5.41, 5.74) is 6.56. The number of nitrogens with one attached hydrogen (secondary N) is 1. The van der Waals surface area contributed by atoms with Gasteiger partial charge < -0.3 is 15.6 Å². The van der Waals surface area contributed by atoms with E-state index in [2.05, 4.69) is 27.4 Å². The molecule has 0 saturated heterocycles. The van der Waals surface area contributed by atoms with Gasteiger partial charge in [-0.05, 0) is 19.1 Å². The fraction of sp³-hybridized carbons (Fsp3) is 0.267. The van der Waals surface area contributed by atoms with Crippen LogP contribution in [0, 0.1) is 11.8 Å². The molecule has 0 radical (unpaired) electrons. The molecule has 3 N–H and O–H groups in total. The van der Waals surface area contributed by atoms with Crippen LogP contribution in [-0.2, 0) is 13.1 Å². The van der Waals surface area contributed by atoms with Crippen LogP contribution in [0.15, 0.2) is 30.6 Å². The average molecular weight is 283 g/mol. The maximum atomic E-state index is 12.3. The molecule has 0 bridgehead atoms. The Bertz CT molecular complexity index is 681. The molecule has 21 heavy (non-hydrogen) atoms. The van der Waals surface area contributed by atoms with Gasteiger partial charge in [-0.15, -0.1) is 10.2 Å². The number of benzene rings is 1. The van der Waals surface area contributed by atoms with Crippen LogP contribution in [0.3, 0.4) is 0 Å². The van der Waals surface area contributed by atoms with Gasteiger partial charge in [0, 0.05) is 12.1 Å². The van der Waals surface area contributed by atoms with Crippen LogP contribution in [0.2, 0.25) is 0 Å². The molecule has 1 aromatic heterocycles. The zero-order valence-corrected chi connectivity index (χ0v) is 11.8. The fourth-order valence-corrected chi connectivity index (χ4v) is 1.87. The first-order valence-electron chi connectivity index (χ1n) is 6.69. The number of nitrogens with zero attached hydrogens (tertiary/aromatic N) is 3. The molecule has 2 aromatic rings. The molecule has 6 heteroatoms. The van der Waals surface area contributed by atoms with Crippen molar-refractivity contribution >= 4 is 5.91 Å². The molecule has 0 aliphatic rings. The second-order valence-corrected chi connectivity index (χ2v) is 4.27. The molecule has 0 fully saturated rings. The molecule has 0 aliphatic carbocycles. The van der Waals surface area contributed by atoms with E-state index >= 15 is 0 Å². The van der Waals surface area contributed by atoms with Crippen molar-refractivity contribution in [2.75, 3.05) is 6.54 Å². The average Bonchev–Trinajstić information content (AvgIpc) is 2.98. The third kappa shape index (κ3) is 3.68. The minimum absolute atomic E-state index is 0.192. The van der Waals surface area contributed by atoms with Gasteiger partial charge in [-0.3, -0.25) is 4.79 Å². The summed E-state index contributed by atoms with van der Waals surface area (Å²) in [5.74, 6) is 6.19. The number of hydrogen-bond donors (Lipinski definition) is 2. The Hall–Kier alpha value is -2.65. The highest BCUT2D eigenvalue weighted by molar-refractivity contribution is 5.96. The molecular weight excluding hydrogens is 266 g/mol. The lowest BCUT2D eigenvalue weighted by Crippen LogP contribution is -2.25. The zero-order valence-electron chi connectivity index (χ0n) is 11.8. The van der Waals surface area contributed by atoms with E-state index in [4.69, 9.17) is 5.73 Å². The maximum absolute atomic E-state index is 12.3. The Morgan fingerprint density at radius 3 is 3.00 bits per heavy atom. The van der Waals surface area contributed by atoms with Gasteiger partial charge in [0.15, 0.2) is 5.82 Å². The van der Waals surface area contributed by atoms with Crippen LogP contribution in [0.25, 0.3) is 0 Å². The van der Waals surface area contributed by atoms with E-state index in [1.54, 1.807) is 24.5 Å². The maximum Gasteiger partial charge on any atom is 0.252 e. The normalized spacial score (nSPS) is 9.81. The summed E-state index contributed by atoms with van der Waals surface area (Å²) in [5, 5.41) is 10.6. The van der Waals surface area contributed by atoms with Crippen molar-refractivity contribution in [1.82, 2.24) is 20.1 Å². The first kappa shape index (κ1) is 14.8. The van der Waals surface area contributed by atoms with E-state index in [1.165, 1.54) is 0 Å². The van der Waals surface area contributed by atoms with E-state index in [0.717, 1.165) is 12.4 Å². The predicted octanol–water partition coefficient (Wildman–Crippen LogP) is 0.538. The third-order valence-corrected chi connectivity index (χ3v) is 2.94. The van der Waals surface area contributed by atoms with Crippen LogP contribution in [0.5, 0.6) is 0 Å². The topological polar surface area (TPSA) is 85.8 Å². The minimum Gasteiger partial charge on any atom is -0.345 e. The summed E-state index contributed by atoms with van der Waals surface area (Å²) in [7, 11) is 0. The predicted molar refractivity (Wildman–Crippen MR) is 79.2 cm³/mol. The van der Waals surface area contributed by atoms with Crippen LogP contribution in [-0.4, -0.2) is 27.2 Å². The highest BCUT2D eigenvalue weighted by Crippen LogP contribution is 2.07. The largest absolute Gasteiger partial charge is 0.345 e. The fourth-order valence-electron chi connectivity index (χ4n) is 1.87. The summed E-state index contributed by atoms with van der Waals surface area (Å²) in [4.78, 5) is 12.3. The first-order chi connectivity index (χ1) is 10.3. The number of carbonyl (C=O) groups is 1.